The molecule has 0 aliphatic carbocycles. The molecule has 0 amide bonds. The van der Waals surface area contributed by atoms with E-state index in [4.69, 9.17) is 0 Å². The fraction of sp³-hybridized carbons (Fsp3) is 0.118. The van der Waals surface area contributed by atoms with Gasteiger partial charge in [-0.2, -0.15) is 0 Å². The molecule has 112 heavy (non-hydrogen) atoms. The van der Waals surface area contributed by atoms with E-state index >= 15 is 0 Å². The molecule has 0 saturated carbocycles. The fourth-order valence-corrected chi connectivity index (χ4v) is 11.9. The zero-order valence-electron chi connectivity index (χ0n) is 63.8. The fourth-order valence-electron chi connectivity index (χ4n) is 11.9. The number of nitrogens with zero attached hydrogens (tertiary/aromatic N) is 6. The van der Waals surface area contributed by atoms with Gasteiger partial charge in [0.05, 0.1) is 0 Å². The maximum absolute atomic E-state index is 4.52. The van der Waals surface area contributed by atoms with Gasteiger partial charge in [-0.05, 0) is 135 Å². The third-order valence-corrected chi connectivity index (χ3v) is 17.4. The number of aromatic nitrogens is 6. The van der Waals surface area contributed by atoms with E-state index in [-0.39, 0.29) is 80.4 Å². The SMILES string of the molecule is CC(C)Cc1ccnc(-c2[c-]ccc(-c3ccccc3)c2)c1.CC(C)Cc1ccnc(-c2[c-]ccc(-c3ccccc3)c2)c1.CC(C)c1ccc(-c2cc[c-]c(-c3ccccn3)c2)cc1.Cc1ccc(-c2[c-]ccc(-c3ccccc3)c2)nc1.[Ir].[Ir].[Ir].[Ir].[c-]1ccccc1-c1ccccn1.[c-]1ccccc1-c1ccccn1. The minimum atomic E-state index is 0. The third kappa shape index (κ3) is 28.2. The van der Waals surface area contributed by atoms with Crippen LogP contribution >= 0.6 is 0 Å². The molecular formula is C102H88Ir4N6-6. The van der Waals surface area contributed by atoms with E-state index in [0.29, 0.717) is 17.8 Å². The van der Waals surface area contributed by atoms with Gasteiger partial charge in [0.2, 0.25) is 0 Å². The van der Waals surface area contributed by atoms with Gasteiger partial charge in [0, 0.05) is 118 Å². The molecule has 0 atom stereocenters. The van der Waals surface area contributed by atoms with Crippen molar-refractivity contribution in [2.24, 2.45) is 11.8 Å². The molecule has 568 valence electrons. The zero-order chi connectivity index (χ0) is 74.9. The summed E-state index contributed by atoms with van der Waals surface area (Å²) in [5.41, 5.74) is 27.0. The van der Waals surface area contributed by atoms with Crippen LogP contribution in [0.3, 0.4) is 0 Å². The van der Waals surface area contributed by atoms with Crippen molar-refractivity contribution in [2.75, 3.05) is 0 Å². The molecular weight excluding hydrogens is 2080 g/mol. The van der Waals surface area contributed by atoms with Crippen LogP contribution in [0.1, 0.15) is 69.7 Å². The molecule has 6 aromatic heterocycles. The van der Waals surface area contributed by atoms with Crippen LogP contribution in [0.4, 0.5) is 0 Å². The van der Waals surface area contributed by atoms with Crippen molar-refractivity contribution in [2.45, 2.75) is 67.2 Å². The van der Waals surface area contributed by atoms with Crippen LogP contribution in [0.25, 0.3) is 112 Å². The summed E-state index contributed by atoms with van der Waals surface area (Å²) in [6.07, 6.45) is 13.2. The second kappa shape index (κ2) is 47.8. The third-order valence-electron chi connectivity index (χ3n) is 17.4. The Bertz CT molecular complexity index is 5000. The summed E-state index contributed by atoms with van der Waals surface area (Å²) in [7, 11) is 0. The molecule has 16 rings (SSSR count). The van der Waals surface area contributed by atoms with Crippen molar-refractivity contribution >= 4 is 0 Å². The van der Waals surface area contributed by atoms with E-state index in [2.05, 4.69) is 284 Å². The first-order chi connectivity index (χ1) is 52.9. The van der Waals surface area contributed by atoms with Crippen LogP contribution in [0.2, 0.25) is 0 Å². The second-order valence-corrected chi connectivity index (χ2v) is 27.1. The van der Waals surface area contributed by atoms with E-state index in [1.165, 1.54) is 66.8 Å². The summed E-state index contributed by atoms with van der Waals surface area (Å²) >= 11 is 0. The summed E-state index contributed by atoms with van der Waals surface area (Å²) in [6, 6.07) is 130. The van der Waals surface area contributed by atoms with Gasteiger partial charge in [-0.15, -0.1) is 213 Å². The molecule has 16 aromatic rings. The standard InChI is InChI=1S/2C21H20N.C20H18N.C18H14N.2C11H8N.4Ir/c2*1-16(2)13-17-11-12-22-21(14-17)20-10-6-9-19(15-20)18-7-4-3-5-8-18;1-15(2)16-9-11-17(12-10-16)18-6-5-7-19(14-18)20-8-3-4-13-21-20;1-14-10-11-18(19-13-14)17-9-5-8-16(12-17)15-6-3-2-4-7-15;2*1-2-6-10(7-3-1)11-8-4-5-9-12-11;;;;/h2*3-9,11-12,14-16H,13H2,1-2H3;3-6,8-15H,1-2H3;2-8,10-13H,1H3;2*1-6,8-9H;;;;/q6*-1;;;;. The van der Waals surface area contributed by atoms with Gasteiger partial charge in [-0.1, -0.05) is 229 Å². The second-order valence-electron chi connectivity index (χ2n) is 27.1. The summed E-state index contributed by atoms with van der Waals surface area (Å²) in [6.45, 7) is 15.4. The van der Waals surface area contributed by atoms with Crippen LogP contribution in [0.15, 0.2) is 365 Å². The molecule has 0 aliphatic rings. The first kappa shape index (κ1) is 88.9. The van der Waals surface area contributed by atoms with Crippen molar-refractivity contribution in [3.8, 4) is 112 Å². The Hall–Kier alpha value is -10.3. The summed E-state index contributed by atoms with van der Waals surface area (Å²) in [5.74, 6) is 1.86. The minimum absolute atomic E-state index is 0. The topological polar surface area (TPSA) is 77.3 Å². The Labute approximate surface area is 718 Å². The number of pyridine rings is 6. The van der Waals surface area contributed by atoms with Gasteiger partial charge < -0.3 is 29.9 Å². The Morgan fingerprint density at radius 2 is 0.554 bits per heavy atom. The Balaban J connectivity index is 0.000000188. The average Bonchev–Trinajstić information content (AvgIpc) is 0.841. The van der Waals surface area contributed by atoms with E-state index in [1.807, 2.05) is 183 Å². The first-order valence-electron chi connectivity index (χ1n) is 36.8. The van der Waals surface area contributed by atoms with Crippen molar-refractivity contribution in [1.82, 2.24) is 29.9 Å². The molecule has 10 heteroatoms. The van der Waals surface area contributed by atoms with Gasteiger partial charge in [-0.25, -0.2) is 0 Å². The number of aryl methyl sites for hydroxylation is 1. The Morgan fingerprint density at radius 1 is 0.241 bits per heavy atom. The maximum atomic E-state index is 4.52. The van der Waals surface area contributed by atoms with Crippen molar-refractivity contribution in [3.63, 3.8) is 0 Å². The van der Waals surface area contributed by atoms with Gasteiger partial charge in [-0.3, -0.25) is 0 Å². The molecule has 10 aromatic carbocycles. The van der Waals surface area contributed by atoms with Crippen LogP contribution in [-0.2, 0) is 93.3 Å². The van der Waals surface area contributed by atoms with Crippen molar-refractivity contribution in [3.05, 3.63) is 423 Å². The van der Waals surface area contributed by atoms with Gasteiger partial charge >= 0.3 is 0 Å². The molecule has 0 aliphatic heterocycles. The molecule has 0 spiro atoms. The summed E-state index contributed by atoms with van der Waals surface area (Å²) in [5, 5.41) is 0. The Kier molecular flexibility index (Phi) is 37.9. The average molecular weight is 2170 g/mol. The molecule has 0 unspecified atom stereocenters. The predicted molar refractivity (Wildman–Crippen MR) is 449 cm³/mol. The van der Waals surface area contributed by atoms with Crippen molar-refractivity contribution < 1.29 is 80.4 Å². The molecule has 0 N–H and O–H groups in total. The molecule has 0 saturated heterocycles. The largest absolute Gasteiger partial charge is 0.305 e. The van der Waals surface area contributed by atoms with Crippen LogP contribution in [-0.4, -0.2) is 29.9 Å². The van der Waals surface area contributed by atoms with Crippen molar-refractivity contribution in [1.29, 1.82) is 0 Å². The summed E-state index contributed by atoms with van der Waals surface area (Å²) < 4.78 is 0. The smallest absolute Gasteiger partial charge is 0.0190 e. The van der Waals surface area contributed by atoms with E-state index in [1.54, 1.807) is 12.4 Å². The van der Waals surface area contributed by atoms with Gasteiger partial charge in [0.15, 0.2) is 0 Å². The number of hydrogen-bond acceptors (Lipinski definition) is 6. The predicted octanol–water partition coefficient (Wildman–Crippen LogP) is 25.8. The molecule has 6 nitrogen and oxygen atoms in total. The minimum Gasteiger partial charge on any atom is -0.305 e. The molecule has 4 radical (unpaired) electrons. The molecule has 0 bridgehead atoms. The van der Waals surface area contributed by atoms with Crippen LogP contribution in [0, 0.1) is 55.2 Å². The van der Waals surface area contributed by atoms with E-state index in [0.717, 1.165) is 80.4 Å². The Morgan fingerprint density at radius 3 is 0.866 bits per heavy atom. The number of benzene rings is 10. The van der Waals surface area contributed by atoms with Crippen LogP contribution < -0.4 is 0 Å². The quantitative estimate of drug-likeness (QED) is 0.0952. The number of hydrogen-bond donors (Lipinski definition) is 0. The zero-order valence-corrected chi connectivity index (χ0v) is 73.4. The maximum Gasteiger partial charge on any atom is 0.0190 e. The molecule has 0 fully saturated rings. The van der Waals surface area contributed by atoms with Crippen LogP contribution in [0.5, 0.6) is 0 Å². The van der Waals surface area contributed by atoms with E-state index in [9.17, 15) is 0 Å². The monoisotopic (exact) mass is 2170 g/mol. The van der Waals surface area contributed by atoms with Gasteiger partial charge in [0.1, 0.15) is 0 Å². The number of rotatable bonds is 15. The normalized spacial score (nSPS) is 10.1. The van der Waals surface area contributed by atoms with E-state index < -0.39 is 0 Å². The first-order valence-corrected chi connectivity index (χ1v) is 36.8. The van der Waals surface area contributed by atoms with Gasteiger partial charge in [0.25, 0.3) is 0 Å². The molecule has 6 heterocycles. The summed E-state index contributed by atoms with van der Waals surface area (Å²) in [4.78, 5) is 26.3.